The van der Waals surface area contributed by atoms with E-state index < -0.39 is 0 Å². The minimum absolute atomic E-state index is 0.0258. The van der Waals surface area contributed by atoms with Gasteiger partial charge in [0.2, 0.25) is 17.7 Å². The Morgan fingerprint density at radius 1 is 1.16 bits per heavy atom. The molecule has 0 bridgehead atoms. The Balaban J connectivity index is 1.34. The summed E-state index contributed by atoms with van der Waals surface area (Å²) in [6.07, 6.45) is 3.37. The second-order valence-corrected chi connectivity index (χ2v) is 12.6. The first-order chi connectivity index (χ1) is 17.7. The molecule has 1 aromatic carbocycles. The van der Waals surface area contributed by atoms with Gasteiger partial charge in [0.15, 0.2) is 0 Å². The molecule has 2 N–H and O–H groups in total. The number of likely N-dealkylation sites (tertiary alicyclic amines) is 1. The van der Waals surface area contributed by atoms with E-state index in [9.17, 15) is 14.4 Å². The zero-order valence-electron chi connectivity index (χ0n) is 21.1. The average Bonchev–Trinajstić information content (AvgIpc) is 3.11. The minimum Gasteiger partial charge on any atom is -0.325 e. The molecule has 3 amide bonds. The molecule has 37 heavy (non-hydrogen) atoms. The van der Waals surface area contributed by atoms with E-state index in [-0.39, 0.29) is 47.4 Å². The summed E-state index contributed by atoms with van der Waals surface area (Å²) in [4.78, 5) is 45.7. The number of benzene rings is 1. The molecule has 2 atom stereocenters. The molecule has 4 heterocycles. The Labute approximate surface area is 224 Å². The van der Waals surface area contributed by atoms with Gasteiger partial charge in [-0.15, -0.1) is 11.3 Å². The number of hydrogen-bond acceptors (Lipinski definition) is 6. The molecule has 7 nitrogen and oxygen atoms in total. The third-order valence-electron chi connectivity index (χ3n) is 8.22. The molecule has 1 saturated carbocycles. The van der Waals surface area contributed by atoms with Gasteiger partial charge in [-0.2, -0.15) is 0 Å². The van der Waals surface area contributed by atoms with Crippen molar-refractivity contribution in [3.8, 4) is 11.1 Å². The molecule has 192 valence electrons. The van der Waals surface area contributed by atoms with Gasteiger partial charge in [0, 0.05) is 33.1 Å². The van der Waals surface area contributed by atoms with Gasteiger partial charge in [0.25, 0.3) is 0 Å². The number of nitrogens with one attached hydrogen (secondary N) is 2. The van der Waals surface area contributed by atoms with Crippen LogP contribution in [0.4, 0.5) is 5.69 Å². The number of halogens is 1. The van der Waals surface area contributed by atoms with Crippen LogP contribution in [0.15, 0.2) is 30.5 Å². The Hall–Kier alpha value is -2.81. The van der Waals surface area contributed by atoms with Crippen molar-refractivity contribution in [1.82, 2.24) is 15.2 Å². The molecule has 2 aromatic heterocycles. The van der Waals surface area contributed by atoms with E-state index in [1.165, 1.54) is 16.2 Å². The molecule has 9 heteroatoms. The molecule has 2 unspecified atom stereocenters. The SMILES string of the molecule is Cc1cc(Cl)cc(-c2ccnc3cc(CN4C(=O)C5C(C4=O)C5(C)C)sc23)c1NC(=O)C1CCNCC1. The van der Waals surface area contributed by atoms with Crippen LogP contribution in [0.25, 0.3) is 21.3 Å². The van der Waals surface area contributed by atoms with E-state index in [1.807, 2.05) is 45.0 Å². The number of rotatable bonds is 5. The highest BCUT2D eigenvalue weighted by Gasteiger charge is 2.72. The number of anilines is 1. The predicted octanol–water partition coefficient (Wildman–Crippen LogP) is 5.00. The summed E-state index contributed by atoms with van der Waals surface area (Å²) in [7, 11) is 0. The number of aromatic nitrogens is 1. The largest absolute Gasteiger partial charge is 0.325 e. The van der Waals surface area contributed by atoms with Gasteiger partial charge < -0.3 is 10.6 Å². The number of hydrogen-bond donors (Lipinski definition) is 2. The van der Waals surface area contributed by atoms with Crippen LogP contribution >= 0.6 is 22.9 Å². The lowest BCUT2D eigenvalue weighted by Gasteiger charge is -2.23. The van der Waals surface area contributed by atoms with E-state index in [0.29, 0.717) is 5.02 Å². The second kappa shape index (κ2) is 8.89. The van der Waals surface area contributed by atoms with Crippen molar-refractivity contribution in [2.75, 3.05) is 18.4 Å². The van der Waals surface area contributed by atoms with Crippen LogP contribution in [0.1, 0.15) is 37.1 Å². The van der Waals surface area contributed by atoms with Gasteiger partial charge in [-0.1, -0.05) is 25.4 Å². The number of aryl methyl sites for hydroxylation is 1. The summed E-state index contributed by atoms with van der Waals surface area (Å²) < 4.78 is 0.932. The van der Waals surface area contributed by atoms with Gasteiger partial charge in [0.1, 0.15) is 0 Å². The lowest BCUT2D eigenvalue weighted by Crippen LogP contribution is -2.35. The number of imide groups is 1. The molecule has 2 saturated heterocycles. The van der Waals surface area contributed by atoms with Crippen LogP contribution in [0.3, 0.4) is 0 Å². The number of pyridine rings is 1. The molecule has 3 fully saturated rings. The maximum absolute atomic E-state index is 13.1. The van der Waals surface area contributed by atoms with Crippen molar-refractivity contribution < 1.29 is 14.4 Å². The van der Waals surface area contributed by atoms with E-state index in [4.69, 9.17) is 11.6 Å². The lowest BCUT2D eigenvalue weighted by molar-refractivity contribution is -0.143. The van der Waals surface area contributed by atoms with E-state index in [2.05, 4.69) is 15.6 Å². The van der Waals surface area contributed by atoms with E-state index in [1.54, 1.807) is 6.20 Å². The topological polar surface area (TPSA) is 91.4 Å². The summed E-state index contributed by atoms with van der Waals surface area (Å²) in [6.45, 7) is 7.86. The first-order valence-corrected chi connectivity index (χ1v) is 13.9. The maximum atomic E-state index is 13.1. The van der Waals surface area contributed by atoms with Crippen molar-refractivity contribution in [2.24, 2.45) is 23.2 Å². The number of thiophene rings is 1. The number of fused-ring (bicyclic) bond motifs is 2. The van der Waals surface area contributed by atoms with Crippen LogP contribution in [0.5, 0.6) is 0 Å². The third-order valence-corrected chi connectivity index (χ3v) is 9.58. The Kier molecular flexibility index (Phi) is 5.89. The highest BCUT2D eigenvalue weighted by atomic mass is 35.5. The minimum atomic E-state index is -0.223. The van der Waals surface area contributed by atoms with Crippen LogP contribution < -0.4 is 10.6 Å². The zero-order valence-corrected chi connectivity index (χ0v) is 22.6. The fourth-order valence-electron chi connectivity index (χ4n) is 6.02. The summed E-state index contributed by atoms with van der Waals surface area (Å²) in [5, 5.41) is 7.09. The molecule has 3 aliphatic rings. The molecule has 2 aliphatic heterocycles. The predicted molar refractivity (Wildman–Crippen MR) is 145 cm³/mol. The van der Waals surface area contributed by atoms with Crippen molar-refractivity contribution >= 4 is 56.6 Å². The van der Waals surface area contributed by atoms with Gasteiger partial charge in [-0.3, -0.25) is 24.3 Å². The molecule has 0 spiro atoms. The first kappa shape index (κ1) is 24.5. The Bertz CT molecular complexity index is 1440. The first-order valence-electron chi connectivity index (χ1n) is 12.7. The van der Waals surface area contributed by atoms with Crippen LogP contribution in [-0.2, 0) is 20.9 Å². The standard InChI is InChI=1S/C28H29ClN4O3S/c1-14-10-16(29)11-19(23(14)32-25(34)15-4-7-30-8-5-15)18-6-9-31-20-12-17(37-24(18)20)13-33-26(35)21-22(27(33)36)28(21,2)3/h6,9-12,15,21-22,30H,4-5,7-8,13H2,1-3H3,(H,32,34). The van der Waals surface area contributed by atoms with E-state index in [0.717, 1.165) is 63.4 Å². The highest BCUT2D eigenvalue weighted by molar-refractivity contribution is 7.19. The quantitative estimate of drug-likeness (QED) is 0.448. The maximum Gasteiger partial charge on any atom is 0.234 e. The number of amides is 3. The molecule has 3 aromatic rings. The van der Waals surface area contributed by atoms with Crippen molar-refractivity contribution in [3.63, 3.8) is 0 Å². The fraction of sp³-hybridized carbons (Fsp3) is 0.429. The zero-order chi connectivity index (χ0) is 26.1. The summed E-state index contributed by atoms with van der Waals surface area (Å²) in [5.74, 6) is -0.523. The van der Waals surface area contributed by atoms with Gasteiger partial charge in [0.05, 0.1) is 34.3 Å². The third kappa shape index (κ3) is 4.06. The normalized spacial score (nSPS) is 23.0. The Morgan fingerprint density at radius 3 is 2.57 bits per heavy atom. The molecular formula is C28H29ClN4O3S. The van der Waals surface area contributed by atoms with Gasteiger partial charge in [-0.05, 0) is 68.1 Å². The monoisotopic (exact) mass is 536 g/mol. The fourth-order valence-corrected chi connectivity index (χ4v) is 7.43. The summed E-state index contributed by atoms with van der Waals surface area (Å²) >= 11 is 8.01. The van der Waals surface area contributed by atoms with Crippen LogP contribution in [0.2, 0.25) is 5.02 Å². The highest BCUT2D eigenvalue weighted by Crippen LogP contribution is 2.63. The second-order valence-electron chi connectivity index (χ2n) is 11.0. The van der Waals surface area contributed by atoms with Crippen LogP contribution in [0, 0.1) is 30.1 Å². The number of carbonyl (C=O) groups is 3. The molecule has 0 radical (unpaired) electrons. The number of nitrogens with zero attached hydrogens (tertiary/aromatic N) is 2. The van der Waals surface area contributed by atoms with Crippen molar-refractivity contribution in [1.29, 1.82) is 0 Å². The van der Waals surface area contributed by atoms with Gasteiger partial charge >= 0.3 is 0 Å². The summed E-state index contributed by atoms with van der Waals surface area (Å²) in [6, 6.07) is 7.62. The smallest absolute Gasteiger partial charge is 0.234 e. The lowest BCUT2D eigenvalue weighted by atomic mass is 9.95. The van der Waals surface area contributed by atoms with Crippen molar-refractivity contribution in [2.45, 2.75) is 40.2 Å². The van der Waals surface area contributed by atoms with Gasteiger partial charge in [-0.25, -0.2) is 0 Å². The molecular weight excluding hydrogens is 508 g/mol. The number of carbonyl (C=O) groups excluding carboxylic acids is 3. The number of piperidine rings is 2. The molecule has 6 rings (SSSR count). The Morgan fingerprint density at radius 2 is 1.86 bits per heavy atom. The van der Waals surface area contributed by atoms with Crippen molar-refractivity contribution in [3.05, 3.63) is 45.9 Å². The average molecular weight is 537 g/mol. The van der Waals surface area contributed by atoms with E-state index >= 15 is 0 Å². The molecule has 1 aliphatic carbocycles. The summed E-state index contributed by atoms with van der Waals surface area (Å²) in [5.41, 5.74) is 3.96. The van der Waals surface area contributed by atoms with Crippen LogP contribution in [-0.4, -0.2) is 40.7 Å².